The molecule has 5 atom stereocenters. The third kappa shape index (κ3) is 78.2. The van der Waals surface area contributed by atoms with Crippen LogP contribution in [0.1, 0.15) is 447 Å². The summed E-state index contributed by atoms with van der Waals surface area (Å²) in [6.07, 6.45) is 65.2. The molecule has 0 aromatic heterocycles. The van der Waals surface area contributed by atoms with Gasteiger partial charge in [0.05, 0.1) is 26.4 Å². The Balaban J connectivity index is 5.26. The Labute approximate surface area is 638 Å². The topological polar surface area (TPSA) is 237 Å². The van der Waals surface area contributed by atoms with Gasteiger partial charge in [-0.3, -0.25) is 37.3 Å². The van der Waals surface area contributed by atoms with Gasteiger partial charge in [0, 0.05) is 25.7 Å². The number of aliphatic hydroxyl groups excluding tert-OH is 1. The number of unbranched alkanes of at least 4 members (excludes halogenated alkanes) is 51. The number of carbonyl (C=O) groups excluding carboxylic acids is 4. The van der Waals surface area contributed by atoms with Crippen molar-refractivity contribution in [3.8, 4) is 0 Å². The highest BCUT2D eigenvalue weighted by atomic mass is 31.2. The average Bonchev–Trinajstić information content (AvgIpc) is 0.904. The highest BCUT2D eigenvalue weighted by Crippen LogP contribution is 2.45. The molecule has 0 rings (SSSR count). The molecule has 0 bridgehead atoms. The Morgan fingerprint density at radius 1 is 0.260 bits per heavy atom. The highest BCUT2D eigenvalue weighted by Gasteiger charge is 2.30. The fraction of sp³-hybridized carbons (Fsp3) is 0.953. The summed E-state index contributed by atoms with van der Waals surface area (Å²) >= 11 is 0. The number of ether oxygens (including phenoxy) is 4. The van der Waals surface area contributed by atoms with Crippen LogP contribution in [0.2, 0.25) is 0 Å². The highest BCUT2D eigenvalue weighted by molar-refractivity contribution is 7.47. The minimum Gasteiger partial charge on any atom is -0.462 e. The van der Waals surface area contributed by atoms with E-state index in [2.05, 4.69) is 48.5 Å². The van der Waals surface area contributed by atoms with Crippen LogP contribution >= 0.6 is 15.6 Å². The van der Waals surface area contributed by atoms with Crippen LogP contribution in [0.3, 0.4) is 0 Å². The molecular formula is C85H166O17P2. The summed E-state index contributed by atoms with van der Waals surface area (Å²) in [4.78, 5) is 73.2. The second kappa shape index (κ2) is 75.1. The molecule has 0 aromatic rings. The normalized spacial score (nSPS) is 13.9. The minimum atomic E-state index is -4.97. The van der Waals surface area contributed by atoms with Crippen molar-refractivity contribution in [2.24, 2.45) is 17.8 Å². The van der Waals surface area contributed by atoms with Gasteiger partial charge in [-0.15, -0.1) is 0 Å². The van der Waals surface area contributed by atoms with Crippen molar-refractivity contribution in [3.63, 3.8) is 0 Å². The first-order valence-corrected chi connectivity index (χ1v) is 46.8. The Kier molecular flexibility index (Phi) is 73.7. The molecule has 0 saturated carbocycles. The number of aliphatic hydroxyl groups is 1. The molecule has 0 amide bonds. The van der Waals surface area contributed by atoms with Gasteiger partial charge in [-0.2, -0.15) is 0 Å². The van der Waals surface area contributed by atoms with Crippen LogP contribution in [-0.2, 0) is 65.4 Å². The fourth-order valence-electron chi connectivity index (χ4n) is 13.2. The molecule has 0 aliphatic heterocycles. The summed E-state index contributed by atoms with van der Waals surface area (Å²) in [6, 6.07) is 0. The monoisotopic (exact) mass is 1520 g/mol. The summed E-state index contributed by atoms with van der Waals surface area (Å²) in [5.41, 5.74) is 0. The molecule has 618 valence electrons. The van der Waals surface area contributed by atoms with Gasteiger partial charge in [0.1, 0.15) is 19.3 Å². The lowest BCUT2D eigenvalue weighted by molar-refractivity contribution is -0.161. The van der Waals surface area contributed by atoms with Crippen LogP contribution in [0.15, 0.2) is 0 Å². The number of hydrogen-bond donors (Lipinski definition) is 3. The summed E-state index contributed by atoms with van der Waals surface area (Å²) in [5.74, 6) is 0.216. The Morgan fingerprint density at radius 2 is 0.442 bits per heavy atom. The number of hydrogen-bond acceptors (Lipinski definition) is 15. The van der Waals surface area contributed by atoms with Crippen molar-refractivity contribution < 1.29 is 80.2 Å². The molecule has 0 aliphatic carbocycles. The Bertz CT molecular complexity index is 2010. The molecule has 104 heavy (non-hydrogen) atoms. The number of carbonyl (C=O) groups is 4. The van der Waals surface area contributed by atoms with Crippen LogP contribution in [0, 0.1) is 17.8 Å². The number of rotatable bonds is 83. The SMILES string of the molecule is CCCCCCCCCCCCCCCCCCCCCCC(=O)O[C@H](COC(=O)CCCCCCCCCCCCCCCC(C)C)COP(=O)(O)OC[C@@H](O)COP(=O)(O)OC[C@@H](COC(=O)CCCCCCCCCCCC(C)C)OC(=O)CCCCCCCCCCCCCCCC(C)C. The van der Waals surface area contributed by atoms with Gasteiger partial charge in [0.2, 0.25) is 0 Å². The molecule has 0 spiro atoms. The van der Waals surface area contributed by atoms with Crippen molar-refractivity contribution in [3.05, 3.63) is 0 Å². The van der Waals surface area contributed by atoms with E-state index in [0.717, 1.165) is 108 Å². The summed E-state index contributed by atoms with van der Waals surface area (Å²) in [6.45, 7) is 12.0. The van der Waals surface area contributed by atoms with Gasteiger partial charge in [0.15, 0.2) is 12.2 Å². The second-order valence-electron chi connectivity index (χ2n) is 32.0. The zero-order valence-electron chi connectivity index (χ0n) is 68.5. The van der Waals surface area contributed by atoms with Crippen LogP contribution in [0.5, 0.6) is 0 Å². The van der Waals surface area contributed by atoms with Gasteiger partial charge < -0.3 is 33.8 Å². The van der Waals surface area contributed by atoms with Crippen molar-refractivity contribution in [2.45, 2.75) is 465 Å². The predicted molar refractivity (Wildman–Crippen MR) is 428 cm³/mol. The molecular weight excluding hydrogens is 1350 g/mol. The largest absolute Gasteiger partial charge is 0.472 e. The van der Waals surface area contributed by atoms with Crippen LogP contribution in [0.25, 0.3) is 0 Å². The molecule has 2 unspecified atom stereocenters. The molecule has 0 aromatic carbocycles. The van der Waals surface area contributed by atoms with E-state index < -0.39 is 97.5 Å². The molecule has 17 nitrogen and oxygen atoms in total. The zero-order chi connectivity index (χ0) is 76.5. The van der Waals surface area contributed by atoms with Crippen molar-refractivity contribution in [1.29, 1.82) is 0 Å². The maximum absolute atomic E-state index is 13.1. The maximum atomic E-state index is 13.1. The number of phosphoric acid groups is 2. The van der Waals surface area contributed by atoms with Crippen LogP contribution < -0.4 is 0 Å². The Morgan fingerprint density at radius 3 is 0.654 bits per heavy atom. The lowest BCUT2D eigenvalue weighted by Gasteiger charge is -2.21. The predicted octanol–water partition coefficient (Wildman–Crippen LogP) is 25.7. The summed E-state index contributed by atoms with van der Waals surface area (Å²) in [7, 11) is -9.93. The van der Waals surface area contributed by atoms with E-state index in [4.69, 9.17) is 37.0 Å². The van der Waals surface area contributed by atoms with E-state index in [1.807, 2.05) is 0 Å². The lowest BCUT2D eigenvalue weighted by Crippen LogP contribution is -2.30. The number of esters is 4. The van der Waals surface area contributed by atoms with E-state index in [-0.39, 0.29) is 25.7 Å². The van der Waals surface area contributed by atoms with Gasteiger partial charge in [-0.1, -0.05) is 395 Å². The van der Waals surface area contributed by atoms with Gasteiger partial charge >= 0.3 is 39.5 Å². The van der Waals surface area contributed by atoms with E-state index in [1.165, 1.54) is 257 Å². The first-order valence-electron chi connectivity index (χ1n) is 43.8. The first kappa shape index (κ1) is 102. The van der Waals surface area contributed by atoms with E-state index in [1.54, 1.807) is 0 Å². The quantitative estimate of drug-likeness (QED) is 0.0222. The fourth-order valence-corrected chi connectivity index (χ4v) is 14.8. The van der Waals surface area contributed by atoms with E-state index in [9.17, 15) is 43.2 Å². The molecule has 0 heterocycles. The summed E-state index contributed by atoms with van der Waals surface area (Å²) < 4.78 is 68.9. The van der Waals surface area contributed by atoms with Gasteiger partial charge in [-0.05, 0) is 43.4 Å². The third-order valence-corrected chi connectivity index (χ3v) is 21.8. The minimum absolute atomic E-state index is 0.107. The smallest absolute Gasteiger partial charge is 0.462 e. The van der Waals surface area contributed by atoms with Crippen molar-refractivity contribution in [1.82, 2.24) is 0 Å². The molecule has 0 radical (unpaired) electrons. The van der Waals surface area contributed by atoms with E-state index >= 15 is 0 Å². The van der Waals surface area contributed by atoms with Crippen molar-refractivity contribution >= 4 is 39.5 Å². The van der Waals surface area contributed by atoms with Crippen LogP contribution in [-0.4, -0.2) is 96.7 Å². The lowest BCUT2D eigenvalue weighted by atomic mass is 10.0. The van der Waals surface area contributed by atoms with Crippen LogP contribution in [0.4, 0.5) is 0 Å². The van der Waals surface area contributed by atoms with Gasteiger partial charge in [-0.25, -0.2) is 9.13 Å². The zero-order valence-corrected chi connectivity index (χ0v) is 70.3. The second-order valence-corrected chi connectivity index (χ2v) is 34.9. The molecule has 19 heteroatoms. The molecule has 0 fully saturated rings. The van der Waals surface area contributed by atoms with E-state index in [0.29, 0.717) is 25.7 Å². The first-order chi connectivity index (χ1) is 50.2. The molecule has 0 aliphatic rings. The van der Waals surface area contributed by atoms with Crippen molar-refractivity contribution in [2.75, 3.05) is 39.6 Å². The number of phosphoric ester groups is 2. The van der Waals surface area contributed by atoms with Gasteiger partial charge in [0.25, 0.3) is 0 Å². The molecule has 3 N–H and O–H groups in total. The standard InChI is InChI=1S/C85H166O17P2/c1-8-9-10-11-12-13-14-15-16-17-18-19-20-21-26-32-39-47-54-61-68-84(89)101-80(72-95-82(87)66-59-52-45-38-31-27-22-24-29-35-42-49-56-63-76(2)3)74-99-103(91,92)97-70-79(86)71-98-104(93,94)100-75-81(73-96-83(88)67-60-53-46-41-34-37-44-51-58-65-78(6)7)102-85(90)69-62-55-48-40-33-28-23-25-30-36-43-50-57-64-77(4)5/h76-81,86H,8-75H2,1-7H3,(H,91,92)(H,93,94)/t79-,80-,81-/m1/s1. The summed E-state index contributed by atoms with van der Waals surface area (Å²) in [5, 5.41) is 10.7. The maximum Gasteiger partial charge on any atom is 0.472 e. The average molecular weight is 1520 g/mol. The third-order valence-electron chi connectivity index (χ3n) is 19.9. The Hall–Kier alpha value is -1.94. The molecule has 0 saturated heterocycles.